The molecule has 1 saturated heterocycles. The minimum absolute atomic E-state index is 0.0147. The lowest BCUT2D eigenvalue weighted by Crippen LogP contribution is -2.30. The predicted molar refractivity (Wildman–Crippen MR) is 88.8 cm³/mol. The van der Waals surface area contributed by atoms with E-state index in [1.54, 1.807) is 11.6 Å². The monoisotopic (exact) mass is 388 g/mol. The van der Waals surface area contributed by atoms with Crippen molar-refractivity contribution in [2.75, 3.05) is 20.1 Å². The van der Waals surface area contributed by atoms with E-state index in [9.17, 15) is 18.0 Å². The number of carbonyl (C=O) groups is 1. The van der Waals surface area contributed by atoms with E-state index in [-0.39, 0.29) is 29.2 Å². The van der Waals surface area contributed by atoms with E-state index in [1.807, 2.05) is 0 Å². The summed E-state index contributed by atoms with van der Waals surface area (Å²) in [6.07, 6.45) is -2.66. The lowest BCUT2D eigenvalue weighted by molar-refractivity contribution is -0.140. The van der Waals surface area contributed by atoms with E-state index in [0.717, 1.165) is 42.6 Å². The Balaban J connectivity index is 1.70. The highest BCUT2D eigenvalue weighted by molar-refractivity contribution is 7.09. The van der Waals surface area contributed by atoms with Crippen molar-refractivity contribution in [3.8, 4) is 0 Å². The molecule has 1 fully saturated rings. The lowest BCUT2D eigenvalue weighted by Gasteiger charge is -2.23. The van der Waals surface area contributed by atoms with Gasteiger partial charge in [-0.1, -0.05) is 5.21 Å². The van der Waals surface area contributed by atoms with Gasteiger partial charge < -0.3 is 10.2 Å². The number of piperidine rings is 1. The number of nitrogens with one attached hydrogen (secondary N) is 1. The van der Waals surface area contributed by atoms with Crippen molar-refractivity contribution in [3.05, 3.63) is 27.5 Å². The van der Waals surface area contributed by atoms with Gasteiger partial charge in [0.2, 0.25) is 0 Å². The number of amides is 1. The number of hydrogen-bond acceptors (Lipinski definition) is 6. The van der Waals surface area contributed by atoms with Crippen LogP contribution in [0, 0.1) is 6.92 Å². The van der Waals surface area contributed by atoms with Gasteiger partial charge in [0.25, 0.3) is 5.91 Å². The van der Waals surface area contributed by atoms with Gasteiger partial charge in [0.1, 0.15) is 5.01 Å². The maximum absolute atomic E-state index is 12.6. The average molecular weight is 388 g/mol. The summed E-state index contributed by atoms with van der Waals surface area (Å²) in [5, 5.41) is 12.6. The van der Waals surface area contributed by atoms with Gasteiger partial charge in [0, 0.05) is 12.4 Å². The molecule has 3 rings (SSSR count). The van der Waals surface area contributed by atoms with E-state index in [0.29, 0.717) is 5.69 Å². The number of carbonyl (C=O) groups excluding carboxylic acids is 1. The third-order valence-electron chi connectivity index (χ3n) is 4.35. The van der Waals surface area contributed by atoms with Crippen LogP contribution in [0.15, 0.2) is 5.38 Å². The number of halogens is 3. The summed E-state index contributed by atoms with van der Waals surface area (Å²) in [5.41, 5.74) is -0.0473. The number of hydrogen-bond donors (Lipinski definition) is 1. The highest BCUT2D eigenvalue weighted by atomic mass is 32.1. The molecule has 0 aromatic carbocycles. The molecule has 142 valence electrons. The first-order valence-electron chi connectivity index (χ1n) is 8.17. The summed E-state index contributed by atoms with van der Waals surface area (Å²) in [4.78, 5) is 17.5. The summed E-state index contributed by atoms with van der Waals surface area (Å²) in [7, 11) is 1.51. The van der Waals surface area contributed by atoms with Crippen LogP contribution in [-0.2, 0) is 12.7 Å². The molecule has 0 saturated carbocycles. The molecule has 1 aliphatic rings. The molecule has 3 heterocycles. The minimum atomic E-state index is -4.48. The molecule has 0 atom stereocenters. The molecule has 2 aromatic heterocycles. The molecule has 11 heteroatoms. The number of alkyl halides is 3. The molecule has 0 unspecified atom stereocenters. The largest absolute Gasteiger partial charge is 0.434 e. The Labute approximate surface area is 152 Å². The SMILES string of the molecule is Cc1c(C(=O)N(C)Cc2nc(C(F)(F)F)cs2)nnn1C1CCNCC1. The maximum atomic E-state index is 12.6. The highest BCUT2D eigenvalue weighted by Crippen LogP contribution is 2.30. The Morgan fingerprint density at radius 2 is 2.12 bits per heavy atom. The molecule has 0 bridgehead atoms. The van der Waals surface area contributed by atoms with Gasteiger partial charge in [0.15, 0.2) is 11.4 Å². The van der Waals surface area contributed by atoms with Crippen molar-refractivity contribution in [1.29, 1.82) is 0 Å². The molecule has 0 spiro atoms. The van der Waals surface area contributed by atoms with Crippen LogP contribution >= 0.6 is 11.3 Å². The van der Waals surface area contributed by atoms with Crippen LogP contribution in [0.2, 0.25) is 0 Å². The summed E-state index contributed by atoms with van der Waals surface area (Å²) in [5.74, 6) is -0.383. The van der Waals surface area contributed by atoms with Gasteiger partial charge >= 0.3 is 6.18 Å². The number of aromatic nitrogens is 4. The van der Waals surface area contributed by atoms with E-state index < -0.39 is 11.9 Å². The Hall–Kier alpha value is -2.01. The highest BCUT2D eigenvalue weighted by Gasteiger charge is 2.34. The molecular weight excluding hydrogens is 369 g/mol. The molecule has 1 N–H and O–H groups in total. The molecule has 1 aliphatic heterocycles. The first-order valence-corrected chi connectivity index (χ1v) is 9.05. The van der Waals surface area contributed by atoms with Crippen LogP contribution < -0.4 is 5.32 Å². The fraction of sp³-hybridized carbons (Fsp3) is 0.600. The van der Waals surface area contributed by atoms with Crippen molar-refractivity contribution in [3.63, 3.8) is 0 Å². The van der Waals surface area contributed by atoms with Gasteiger partial charge in [-0.25, -0.2) is 9.67 Å². The third-order valence-corrected chi connectivity index (χ3v) is 5.18. The number of nitrogens with zero attached hydrogens (tertiary/aromatic N) is 5. The van der Waals surface area contributed by atoms with Crippen LogP contribution in [-0.4, -0.2) is 50.9 Å². The summed E-state index contributed by atoms with van der Waals surface area (Å²) in [6, 6.07) is 0.198. The standard InChI is InChI=1S/C15H19F3N6OS/c1-9-13(21-22-24(9)10-3-5-19-6-4-10)14(25)23(2)7-12-20-11(8-26-12)15(16,17)18/h8,10,19H,3-7H2,1-2H3. The third kappa shape index (κ3) is 3.88. The van der Waals surface area contributed by atoms with Gasteiger partial charge in [-0.05, 0) is 32.9 Å². The van der Waals surface area contributed by atoms with Gasteiger partial charge in [-0.15, -0.1) is 16.4 Å². The maximum Gasteiger partial charge on any atom is 0.434 e. The molecule has 7 nitrogen and oxygen atoms in total. The van der Waals surface area contributed by atoms with E-state index in [2.05, 4.69) is 20.6 Å². The summed E-state index contributed by atoms with van der Waals surface area (Å²) in [6.45, 7) is 3.55. The number of thiazole rings is 1. The van der Waals surface area contributed by atoms with Crippen LogP contribution in [0.5, 0.6) is 0 Å². The first-order chi connectivity index (χ1) is 12.3. The van der Waals surface area contributed by atoms with Crippen LogP contribution in [0.1, 0.15) is 45.8 Å². The Morgan fingerprint density at radius 1 is 1.42 bits per heavy atom. The molecule has 0 radical (unpaired) electrons. The summed E-state index contributed by atoms with van der Waals surface area (Å²) >= 11 is 0.876. The second kappa shape index (κ2) is 7.31. The van der Waals surface area contributed by atoms with Gasteiger partial charge in [-0.2, -0.15) is 13.2 Å². The minimum Gasteiger partial charge on any atom is -0.333 e. The summed E-state index contributed by atoms with van der Waals surface area (Å²) < 4.78 is 39.7. The average Bonchev–Trinajstić information content (AvgIpc) is 3.21. The van der Waals surface area contributed by atoms with Gasteiger partial charge in [-0.3, -0.25) is 4.79 Å². The Morgan fingerprint density at radius 3 is 2.73 bits per heavy atom. The first kappa shape index (κ1) is 18.8. The molecule has 2 aromatic rings. The van der Waals surface area contributed by atoms with E-state index >= 15 is 0 Å². The topological polar surface area (TPSA) is 75.9 Å². The van der Waals surface area contributed by atoms with Crippen molar-refractivity contribution in [1.82, 2.24) is 30.2 Å². The van der Waals surface area contributed by atoms with Crippen LogP contribution in [0.25, 0.3) is 0 Å². The van der Waals surface area contributed by atoms with Crippen LogP contribution in [0.3, 0.4) is 0 Å². The molecule has 26 heavy (non-hydrogen) atoms. The van der Waals surface area contributed by atoms with Crippen molar-refractivity contribution >= 4 is 17.2 Å². The molecule has 1 amide bonds. The fourth-order valence-electron chi connectivity index (χ4n) is 2.91. The molecular formula is C15H19F3N6OS. The Kier molecular flexibility index (Phi) is 5.28. The van der Waals surface area contributed by atoms with Crippen molar-refractivity contribution in [2.45, 2.75) is 38.5 Å². The zero-order valence-corrected chi connectivity index (χ0v) is 15.2. The quantitative estimate of drug-likeness (QED) is 0.870. The fourth-order valence-corrected chi connectivity index (χ4v) is 3.76. The lowest BCUT2D eigenvalue weighted by atomic mass is 10.1. The van der Waals surface area contributed by atoms with Gasteiger partial charge in [0.05, 0.1) is 18.3 Å². The second-order valence-corrected chi connectivity index (χ2v) is 7.18. The Bertz CT molecular complexity index is 781. The van der Waals surface area contributed by atoms with Crippen LogP contribution in [0.4, 0.5) is 13.2 Å². The molecule has 0 aliphatic carbocycles. The van der Waals surface area contributed by atoms with Crippen molar-refractivity contribution < 1.29 is 18.0 Å². The zero-order valence-electron chi connectivity index (χ0n) is 14.4. The van der Waals surface area contributed by atoms with E-state index in [4.69, 9.17) is 0 Å². The predicted octanol–water partition coefficient (Wildman–Crippen LogP) is 2.26. The van der Waals surface area contributed by atoms with E-state index in [1.165, 1.54) is 11.9 Å². The van der Waals surface area contributed by atoms with Crippen molar-refractivity contribution in [2.24, 2.45) is 0 Å². The number of rotatable bonds is 4. The normalized spacial score (nSPS) is 16.0. The zero-order chi connectivity index (χ0) is 18.9. The smallest absolute Gasteiger partial charge is 0.333 e. The second-order valence-electron chi connectivity index (χ2n) is 6.23.